The number of rotatable bonds is 6. The van der Waals surface area contributed by atoms with E-state index in [2.05, 4.69) is 30.9 Å². The van der Waals surface area contributed by atoms with Gasteiger partial charge in [-0.25, -0.2) is 0 Å². The first-order valence-electron chi connectivity index (χ1n) is 9.76. The van der Waals surface area contributed by atoms with Crippen LogP contribution in [0.4, 0.5) is 34.9 Å². The Morgan fingerprint density at radius 1 is 0.459 bits per heavy atom. The van der Waals surface area contributed by atoms with E-state index in [1.807, 2.05) is 0 Å². The van der Waals surface area contributed by atoms with Crippen molar-refractivity contribution in [3.8, 4) is 23.0 Å². The molecule has 0 saturated heterocycles. The molecule has 0 atom stereocenters. The zero-order chi connectivity index (χ0) is 27.0. The molecule has 0 spiro atoms. The number of hydrogen-bond acceptors (Lipinski definition) is 10. The third kappa shape index (κ3) is 5.96. The number of halogens is 6. The second-order valence-electron chi connectivity index (χ2n) is 7.18. The average molecular weight is 625 g/mol. The number of benzene rings is 3. The quantitative estimate of drug-likeness (QED) is 0.0833. The van der Waals surface area contributed by atoms with E-state index in [1.54, 1.807) is 0 Å². The summed E-state index contributed by atoms with van der Waals surface area (Å²) in [4.78, 5) is 12.7. The smallest absolute Gasteiger partial charge is 0.233 e. The van der Waals surface area contributed by atoms with Gasteiger partial charge in [0.15, 0.2) is 23.0 Å². The minimum Gasteiger partial charge on any atom is -0.505 e. The zero-order valence-electron chi connectivity index (χ0n) is 17.8. The van der Waals surface area contributed by atoms with Crippen LogP contribution in [0.15, 0.2) is 30.3 Å². The SMILES string of the molecule is Oc1c(Cl)cc(Nc2nc(Nc3cc(Cl)c(O)c(Cl)c3)nc(Nc3cc(Cl)c(O)c(Cl)c3O)n2)cc1Cl. The Labute approximate surface area is 238 Å². The molecule has 0 bridgehead atoms. The Morgan fingerprint density at radius 3 is 1.22 bits per heavy atom. The van der Waals surface area contributed by atoms with Crippen molar-refractivity contribution in [2.75, 3.05) is 16.0 Å². The van der Waals surface area contributed by atoms with Gasteiger partial charge in [-0.15, -0.1) is 0 Å². The van der Waals surface area contributed by atoms with Crippen LogP contribution in [0, 0.1) is 0 Å². The molecule has 0 aliphatic rings. The van der Waals surface area contributed by atoms with E-state index in [9.17, 15) is 20.4 Å². The van der Waals surface area contributed by atoms with Crippen LogP contribution < -0.4 is 16.0 Å². The highest BCUT2D eigenvalue weighted by Crippen LogP contribution is 2.44. The molecule has 0 aliphatic heterocycles. The van der Waals surface area contributed by atoms with Gasteiger partial charge < -0.3 is 36.4 Å². The van der Waals surface area contributed by atoms with Crippen LogP contribution >= 0.6 is 69.6 Å². The van der Waals surface area contributed by atoms with E-state index in [0.29, 0.717) is 11.4 Å². The Kier molecular flexibility index (Phi) is 7.88. The van der Waals surface area contributed by atoms with E-state index in [-0.39, 0.29) is 65.2 Å². The third-order valence-corrected chi connectivity index (χ3v) is 6.39. The molecule has 10 nitrogen and oxygen atoms in total. The lowest BCUT2D eigenvalue weighted by Gasteiger charge is -2.14. The molecule has 16 heteroatoms. The van der Waals surface area contributed by atoms with Gasteiger partial charge in [-0.1, -0.05) is 69.6 Å². The van der Waals surface area contributed by atoms with Crippen molar-refractivity contribution in [2.45, 2.75) is 0 Å². The second-order valence-corrected chi connectivity index (χ2v) is 9.59. The van der Waals surface area contributed by atoms with Crippen LogP contribution in [0.2, 0.25) is 30.1 Å². The molecule has 37 heavy (non-hydrogen) atoms. The van der Waals surface area contributed by atoms with Gasteiger partial charge in [-0.3, -0.25) is 0 Å². The maximum Gasteiger partial charge on any atom is 0.233 e. The van der Waals surface area contributed by atoms with Gasteiger partial charge >= 0.3 is 0 Å². The number of nitrogens with zero attached hydrogens (tertiary/aromatic N) is 3. The number of phenols is 4. The standard InChI is InChI=1S/C21H12Cl6N6O4/c22-8-1-6(2-9(23)15(8)34)28-19-31-20(29-7-3-10(24)16(35)11(25)4-7)33-21(32-19)30-13-5-12(26)17(36)14(27)18(13)37/h1-5,34-37H,(H3,28,29,30,31,32,33). The van der Waals surface area contributed by atoms with Gasteiger partial charge in [-0.2, -0.15) is 15.0 Å². The molecule has 0 saturated carbocycles. The number of aromatic nitrogens is 3. The van der Waals surface area contributed by atoms with Gasteiger partial charge in [0.2, 0.25) is 17.8 Å². The van der Waals surface area contributed by atoms with Gasteiger partial charge in [0.05, 0.1) is 30.8 Å². The molecule has 0 unspecified atom stereocenters. The van der Waals surface area contributed by atoms with Crippen molar-refractivity contribution >= 4 is 105 Å². The Balaban J connectivity index is 1.76. The molecule has 0 fully saturated rings. The fourth-order valence-corrected chi connectivity index (χ4v) is 4.32. The van der Waals surface area contributed by atoms with Crippen molar-refractivity contribution in [3.63, 3.8) is 0 Å². The van der Waals surface area contributed by atoms with Crippen molar-refractivity contribution in [2.24, 2.45) is 0 Å². The summed E-state index contributed by atoms with van der Waals surface area (Å²) in [6, 6.07) is 6.76. The van der Waals surface area contributed by atoms with Crippen LogP contribution in [0.3, 0.4) is 0 Å². The van der Waals surface area contributed by atoms with Crippen molar-refractivity contribution in [1.29, 1.82) is 0 Å². The summed E-state index contributed by atoms with van der Waals surface area (Å²) >= 11 is 35.9. The van der Waals surface area contributed by atoms with Crippen molar-refractivity contribution in [3.05, 3.63) is 60.5 Å². The first-order valence-corrected chi connectivity index (χ1v) is 12.0. The molecule has 1 aromatic heterocycles. The van der Waals surface area contributed by atoms with E-state index in [1.165, 1.54) is 30.3 Å². The highest BCUT2D eigenvalue weighted by molar-refractivity contribution is 6.39. The van der Waals surface area contributed by atoms with Crippen LogP contribution in [-0.2, 0) is 0 Å². The molecule has 0 aliphatic carbocycles. The maximum atomic E-state index is 10.3. The normalized spacial score (nSPS) is 10.9. The first-order chi connectivity index (χ1) is 17.4. The molecule has 192 valence electrons. The molecule has 0 amide bonds. The van der Waals surface area contributed by atoms with E-state index < -0.39 is 11.5 Å². The van der Waals surface area contributed by atoms with Crippen LogP contribution in [0.5, 0.6) is 23.0 Å². The number of aromatic hydroxyl groups is 4. The topological polar surface area (TPSA) is 156 Å². The number of hydrogen-bond donors (Lipinski definition) is 7. The second kappa shape index (κ2) is 10.8. The van der Waals surface area contributed by atoms with E-state index in [0.717, 1.165) is 0 Å². The molecule has 4 aromatic rings. The maximum absolute atomic E-state index is 10.3. The number of anilines is 6. The lowest BCUT2D eigenvalue weighted by atomic mass is 10.2. The molecular formula is C21H12Cl6N6O4. The average Bonchev–Trinajstić information content (AvgIpc) is 2.83. The van der Waals surface area contributed by atoms with Crippen LogP contribution in [0.25, 0.3) is 0 Å². The lowest BCUT2D eigenvalue weighted by Crippen LogP contribution is -2.07. The molecular weight excluding hydrogens is 613 g/mol. The molecule has 0 radical (unpaired) electrons. The van der Waals surface area contributed by atoms with Crippen molar-refractivity contribution < 1.29 is 20.4 Å². The summed E-state index contributed by atoms with van der Waals surface area (Å²) in [5.74, 6) is -1.80. The highest BCUT2D eigenvalue weighted by Gasteiger charge is 2.18. The summed E-state index contributed by atoms with van der Waals surface area (Å²) < 4.78 is 0. The predicted molar refractivity (Wildman–Crippen MR) is 146 cm³/mol. The molecule has 4 rings (SSSR count). The number of phenolic OH excluding ortho intramolecular Hbond substituents is 4. The van der Waals surface area contributed by atoms with E-state index >= 15 is 0 Å². The summed E-state index contributed by atoms with van der Waals surface area (Å²) in [5.41, 5.74) is 0.623. The largest absolute Gasteiger partial charge is 0.505 e. The Hall–Kier alpha value is -2.99. The lowest BCUT2D eigenvalue weighted by molar-refractivity contribution is 0.452. The summed E-state index contributed by atoms with van der Waals surface area (Å²) in [6.07, 6.45) is 0. The van der Waals surface area contributed by atoms with Gasteiger partial charge in [0.25, 0.3) is 0 Å². The minimum absolute atomic E-state index is 0.0209. The zero-order valence-corrected chi connectivity index (χ0v) is 22.3. The van der Waals surface area contributed by atoms with Gasteiger partial charge in [-0.05, 0) is 30.3 Å². The fourth-order valence-electron chi connectivity index (χ4n) is 2.89. The van der Waals surface area contributed by atoms with Crippen molar-refractivity contribution in [1.82, 2.24) is 15.0 Å². The first kappa shape index (κ1) is 27.1. The van der Waals surface area contributed by atoms with E-state index in [4.69, 9.17) is 69.6 Å². The van der Waals surface area contributed by atoms with Gasteiger partial charge in [0, 0.05) is 11.4 Å². The van der Waals surface area contributed by atoms with Crippen LogP contribution in [0.1, 0.15) is 0 Å². The summed E-state index contributed by atoms with van der Waals surface area (Å²) in [6.45, 7) is 0. The summed E-state index contributed by atoms with van der Waals surface area (Å²) in [7, 11) is 0. The van der Waals surface area contributed by atoms with Gasteiger partial charge in [0.1, 0.15) is 5.02 Å². The monoisotopic (exact) mass is 622 g/mol. The highest BCUT2D eigenvalue weighted by atomic mass is 35.5. The predicted octanol–water partition coefficient (Wildman–Crippen LogP) is 7.85. The Morgan fingerprint density at radius 2 is 0.811 bits per heavy atom. The van der Waals surface area contributed by atoms with Crippen LogP contribution in [-0.4, -0.2) is 35.4 Å². The Bertz CT molecular complexity index is 1420. The molecule has 1 heterocycles. The molecule has 7 N–H and O–H groups in total. The minimum atomic E-state index is -0.512. The third-order valence-electron chi connectivity index (χ3n) is 4.60. The molecule has 3 aromatic carbocycles. The fraction of sp³-hybridized carbons (Fsp3) is 0. The number of nitrogens with one attached hydrogen (secondary N) is 3. The summed E-state index contributed by atoms with van der Waals surface area (Å²) in [5, 5.41) is 47.7.